The smallest absolute Gasteiger partial charge is 0.240 e. The van der Waals surface area contributed by atoms with Gasteiger partial charge in [-0.3, -0.25) is 0 Å². The van der Waals surface area contributed by atoms with Crippen LogP contribution in [-0.4, -0.2) is 33.2 Å². The molecule has 7 heteroatoms. The van der Waals surface area contributed by atoms with E-state index >= 15 is 0 Å². The molecule has 0 saturated heterocycles. The van der Waals surface area contributed by atoms with Gasteiger partial charge in [0.05, 0.1) is 10.4 Å². The maximum Gasteiger partial charge on any atom is 0.240 e. The molecule has 0 aliphatic heterocycles. The highest BCUT2D eigenvalue weighted by Gasteiger charge is 2.14. The summed E-state index contributed by atoms with van der Waals surface area (Å²) in [5.41, 5.74) is 0.665. The Bertz CT molecular complexity index is 719. The lowest BCUT2D eigenvalue weighted by atomic mass is 10.2. The summed E-state index contributed by atoms with van der Waals surface area (Å²) < 4.78 is 32.1. The number of hydrogen-bond acceptors (Lipinski definition) is 4. The average Bonchev–Trinajstić information content (AvgIpc) is 2.46. The van der Waals surface area contributed by atoms with Gasteiger partial charge in [0, 0.05) is 25.1 Å². The Morgan fingerprint density at radius 3 is 2.86 bits per heavy atom. The standard InChI is InChI=1S/C14H17ClN2O3S/c1-2-20-9-3-8-16-21(18,19)12-5-6-13-11(10-12)4-7-14(15)17-13/h4-7,10,16H,2-3,8-9H2,1H3. The molecule has 0 fully saturated rings. The number of pyridine rings is 1. The number of ether oxygens (including phenoxy) is 1. The van der Waals surface area contributed by atoms with E-state index in [9.17, 15) is 8.42 Å². The molecular weight excluding hydrogens is 312 g/mol. The Labute approximate surface area is 129 Å². The first kappa shape index (κ1) is 16.2. The third kappa shape index (κ3) is 4.38. The van der Waals surface area contributed by atoms with Crippen molar-refractivity contribution in [3.05, 3.63) is 35.5 Å². The topological polar surface area (TPSA) is 68.3 Å². The minimum atomic E-state index is -3.52. The number of rotatable bonds is 7. The van der Waals surface area contributed by atoms with Crippen molar-refractivity contribution in [2.45, 2.75) is 18.2 Å². The second kappa shape index (κ2) is 7.17. The molecule has 2 aromatic rings. The van der Waals surface area contributed by atoms with Gasteiger partial charge in [0.15, 0.2) is 0 Å². The van der Waals surface area contributed by atoms with Gasteiger partial charge in [-0.25, -0.2) is 18.1 Å². The molecule has 0 amide bonds. The molecule has 1 N–H and O–H groups in total. The summed E-state index contributed by atoms with van der Waals surface area (Å²) >= 11 is 5.80. The predicted octanol–water partition coefficient (Wildman–Crippen LogP) is 2.59. The Balaban J connectivity index is 2.11. The van der Waals surface area contributed by atoms with Crippen LogP contribution in [0.15, 0.2) is 35.2 Å². The number of hydrogen-bond donors (Lipinski definition) is 1. The van der Waals surface area contributed by atoms with E-state index < -0.39 is 10.0 Å². The quantitative estimate of drug-likeness (QED) is 0.626. The Morgan fingerprint density at radius 2 is 2.10 bits per heavy atom. The highest BCUT2D eigenvalue weighted by Crippen LogP contribution is 2.19. The average molecular weight is 329 g/mol. The van der Waals surface area contributed by atoms with Gasteiger partial charge < -0.3 is 4.74 Å². The zero-order chi connectivity index (χ0) is 15.3. The van der Waals surface area contributed by atoms with E-state index in [2.05, 4.69) is 9.71 Å². The molecule has 114 valence electrons. The zero-order valence-electron chi connectivity index (χ0n) is 11.7. The number of benzene rings is 1. The van der Waals surface area contributed by atoms with Crippen LogP contribution in [0.2, 0.25) is 5.15 Å². The number of halogens is 1. The van der Waals surface area contributed by atoms with Crippen LogP contribution in [0.1, 0.15) is 13.3 Å². The van der Waals surface area contributed by atoms with Crippen molar-refractivity contribution in [1.82, 2.24) is 9.71 Å². The molecule has 0 saturated carbocycles. The number of nitrogens with one attached hydrogen (secondary N) is 1. The summed E-state index contributed by atoms with van der Waals surface area (Å²) in [6, 6.07) is 8.14. The molecule has 0 atom stereocenters. The van der Waals surface area contributed by atoms with Crippen molar-refractivity contribution in [2.24, 2.45) is 0 Å². The van der Waals surface area contributed by atoms with E-state index in [1.807, 2.05) is 6.92 Å². The Kier molecular flexibility index (Phi) is 5.52. The summed E-state index contributed by atoms with van der Waals surface area (Å²) in [5.74, 6) is 0. The third-order valence-electron chi connectivity index (χ3n) is 2.90. The van der Waals surface area contributed by atoms with Crippen LogP contribution in [0.3, 0.4) is 0 Å². The first-order valence-electron chi connectivity index (χ1n) is 6.66. The molecule has 2 rings (SSSR count). The first-order valence-corrected chi connectivity index (χ1v) is 8.53. The van der Waals surface area contributed by atoms with Crippen LogP contribution in [-0.2, 0) is 14.8 Å². The fraction of sp³-hybridized carbons (Fsp3) is 0.357. The van der Waals surface area contributed by atoms with Crippen LogP contribution < -0.4 is 4.72 Å². The van der Waals surface area contributed by atoms with Crippen molar-refractivity contribution < 1.29 is 13.2 Å². The third-order valence-corrected chi connectivity index (χ3v) is 4.57. The predicted molar refractivity (Wildman–Crippen MR) is 83.1 cm³/mol. The van der Waals surface area contributed by atoms with Gasteiger partial charge in [-0.1, -0.05) is 11.6 Å². The van der Waals surface area contributed by atoms with Gasteiger partial charge in [0.25, 0.3) is 0 Å². The van der Waals surface area contributed by atoms with Crippen LogP contribution in [0.4, 0.5) is 0 Å². The van der Waals surface area contributed by atoms with Gasteiger partial charge in [-0.15, -0.1) is 0 Å². The lowest BCUT2D eigenvalue weighted by Crippen LogP contribution is -2.25. The largest absolute Gasteiger partial charge is 0.382 e. The summed E-state index contributed by atoms with van der Waals surface area (Å²) in [6.45, 7) is 3.42. The SMILES string of the molecule is CCOCCCNS(=O)(=O)c1ccc2nc(Cl)ccc2c1. The number of nitrogens with zero attached hydrogens (tertiary/aromatic N) is 1. The molecule has 1 heterocycles. The maximum absolute atomic E-state index is 12.2. The van der Waals surface area contributed by atoms with E-state index in [4.69, 9.17) is 16.3 Å². The molecule has 0 unspecified atom stereocenters. The fourth-order valence-corrected chi connectivity index (χ4v) is 3.12. The van der Waals surface area contributed by atoms with Crippen LogP contribution in [0, 0.1) is 0 Å². The summed E-state index contributed by atoms with van der Waals surface area (Å²) in [4.78, 5) is 4.35. The van der Waals surface area contributed by atoms with Crippen molar-refractivity contribution in [3.63, 3.8) is 0 Å². The van der Waals surface area contributed by atoms with Gasteiger partial charge in [-0.05, 0) is 43.7 Å². The lowest BCUT2D eigenvalue weighted by Gasteiger charge is -2.08. The molecule has 0 radical (unpaired) electrons. The van der Waals surface area contributed by atoms with E-state index in [-0.39, 0.29) is 4.90 Å². The molecule has 1 aromatic heterocycles. The normalized spacial score (nSPS) is 11.9. The van der Waals surface area contributed by atoms with Gasteiger partial charge in [0.2, 0.25) is 10.0 Å². The van der Waals surface area contributed by atoms with E-state index in [0.717, 1.165) is 5.39 Å². The van der Waals surface area contributed by atoms with E-state index in [1.54, 1.807) is 24.3 Å². The Morgan fingerprint density at radius 1 is 1.29 bits per heavy atom. The highest BCUT2D eigenvalue weighted by atomic mass is 35.5. The summed E-state index contributed by atoms with van der Waals surface area (Å²) in [5, 5.41) is 1.11. The maximum atomic E-state index is 12.2. The van der Waals surface area contributed by atoms with E-state index in [0.29, 0.717) is 36.8 Å². The molecule has 1 aromatic carbocycles. The fourth-order valence-electron chi connectivity index (χ4n) is 1.85. The van der Waals surface area contributed by atoms with Crippen molar-refractivity contribution in [3.8, 4) is 0 Å². The van der Waals surface area contributed by atoms with Crippen molar-refractivity contribution >= 4 is 32.5 Å². The molecule has 0 aliphatic rings. The monoisotopic (exact) mass is 328 g/mol. The Hall–Kier alpha value is -1.21. The summed E-state index contributed by atoms with van der Waals surface area (Å²) in [7, 11) is -3.52. The van der Waals surface area contributed by atoms with Gasteiger partial charge >= 0.3 is 0 Å². The molecule has 5 nitrogen and oxygen atoms in total. The zero-order valence-corrected chi connectivity index (χ0v) is 13.2. The van der Waals surface area contributed by atoms with Gasteiger partial charge in [0.1, 0.15) is 5.15 Å². The van der Waals surface area contributed by atoms with E-state index in [1.165, 1.54) is 6.07 Å². The molecule has 0 spiro atoms. The minimum Gasteiger partial charge on any atom is -0.382 e. The molecular formula is C14H17ClN2O3S. The van der Waals surface area contributed by atoms with Crippen LogP contribution in [0.5, 0.6) is 0 Å². The minimum absolute atomic E-state index is 0.218. The summed E-state index contributed by atoms with van der Waals surface area (Å²) in [6.07, 6.45) is 0.637. The second-order valence-corrected chi connectivity index (χ2v) is 6.59. The van der Waals surface area contributed by atoms with Crippen molar-refractivity contribution in [1.29, 1.82) is 0 Å². The number of aromatic nitrogens is 1. The number of fused-ring (bicyclic) bond motifs is 1. The van der Waals surface area contributed by atoms with Crippen LogP contribution >= 0.6 is 11.6 Å². The first-order chi connectivity index (χ1) is 10.0. The molecule has 0 aliphatic carbocycles. The molecule has 0 bridgehead atoms. The second-order valence-electron chi connectivity index (χ2n) is 4.44. The van der Waals surface area contributed by atoms with Gasteiger partial charge in [-0.2, -0.15) is 0 Å². The van der Waals surface area contributed by atoms with Crippen LogP contribution in [0.25, 0.3) is 10.9 Å². The molecule has 21 heavy (non-hydrogen) atoms. The lowest BCUT2D eigenvalue weighted by molar-refractivity contribution is 0.146. The van der Waals surface area contributed by atoms with Crippen molar-refractivity contribution in [2.75, 3.05) is 19.8 Å². The highest BCUT2D eigenvalue weighted by molar-refractivity contribution is 7.89. The number of sulfonamides is 1.